The summed E-state index contributed by atoms with van der Waals surface area (Å²) in [5.74, 6) is 0.0524. The molecule has 1 saturated carbocycles. The number of nitro groups is 1. The number of carbonyl (C=O) groups excluding carboxylic acids is 1. The van der Waals surface area contributed by atoms with Gasteiger partial charge in [-0.2, -0.15) is 0 Å². The van der Waals surface area contributed by atoms with E-state index in [0.29, 0.717) is 11.6 Å². The molecule has 6 nitrogen and oxygen atoms in total. The molecule has 1 aromatic rings. The van der Waals surface area contributed by atoms with Crippen LogP contribution in [0.1, 0.15) is 44.1 Å². The molecule has 0 unspecified atom stereocenters. The Hall–Kier alpha value is -1.22. The van der Waals surface area contributed by atoms with E-state index in [1.807, 2.05) is 11.9 Å². The number of rotatable bonds is 5. The number of carbonyl (C=O) groups is 1. The maximum Gasteiger partial charge on any atom is 0.269 e. The largest absolute Gasteiger partial charge is 0.341 e. The van der Waals surface area contributed by atoms with E-state index in [-0.39, 0.29) is 48.0 Å². The van der Waals surface area contributed by atoms with Crippen LogP contribution in [0.25, 0.3) is 0 Å². The summed E-state index contributed by atoms with van der Waals surface area (Å²) in [6, 6.07) is 7.13. The average Bonchev–Trinajstić information content (AvgIpc) is 3.15. The van der Waals surface area contributed by atoms with Gasteiger partial charge in [-0.3, -0.25) is 19.8 Å². The third kappa shape index (κ3) is 4.94. The molecular weight excluding hydrogens is 445 g/mol. The number of hydrogen-bond donors (Lipinski definition) is 0. The van der Waals surface area contributed by atoms with Crippen molar-refractivity contribution in [3.8, 4) is 0 Å². The van der Waals surface area contributed by atoms with Gasteiger partial charge in [0.15, 0.2) is 0 Å². The standard InChI is InChI=1S/C19H27N3O3.HI/c1-20(17-9-2-3-10-18(17)21-11-4-5-12-21)19(23)14-15-7-6-8-16(13-15)22(24)25;/h6-8,13,17-18H,2-5,9-12,14H2,1H3;1H/t17-,18-;/m0./s1. The molecule has 1 aliphatic heterocycles. The maximum atomic E-state index is 12.8. The average molecular weight is 473 g/mol. The zero-order chi connectivity index (χ0) is 17.8. The molecule has 0 spiro atoms. The van der Waals surface area contributed by atoms with Crippen molar-refractivity contribution >= 4 is 35.6 Å². The van der Waals surface area contributed by atoms with Crippen LogP contribution in [0, 0.1) is 10.1 Å². The molecule has 2 fully saturated rings. The Morgan fingerprint density at radius 3 is 2.62 bits per heavy atom. The van der Waals surface area contributed by atoms with Crippen LogP contribution in [0.4, 0.5) is 5.69 Å². The second-order valence-corrected chi connectivity index (χ2v) is 7.27. The third-order valence-corrected chi connectivity index (χ3v) is 5.67. The number of nitrogens with zero attached hydrogens (tertiary/aromatic N) is 3. The van der Waals surface area contributed by atoms with Crippen LogP contribution in [-0.2, 0) is 11.2 Å². The highest BCUT2D eigenvalue weighted by molar-refractivity contribution is 14.0. The summed E-state index contributed by atoms with van der Waals surface area (Å²) in [6.45, 7) is 2.29. The highest BCUT2D eigenvalue weighted by atomic mass is 127. The quantitative estimate of drug-likeness (QED) is 0.372. The van der Waals surface area contributed by atoms with Gasteiger partial charge in [-0.1, -0.05) is 25.0 Å². The Morgan fingerprint density at radius 2 is 1.92 bits per heavy atom. The van der Waals surface area contributed by atoms with Gasteiger partial charge in [-0.05, 0) is 44.3 Å². The summed E-state index contributed by atoms with van der Waals surface area (Å²) >= 11 is 0. The number of nitro benzene ring substituents is 1. The molecule has 3 rings (SSSR count). The van der Waals surface area contributed by atoms with Crippen molar-refractivity contribution in [1.82, 2.24) is 9.80 Å². The van der Waals surface area contributed by atoms with Gasteiger partial charge < -0.3 is 4.90 Å². The molecule has 0 N–H and O–H groups in total. The topological polar surface area (TPSA) is 66.7 Å². The van der Waals surface area contributed by atoms with E-state index in [1.54, 1.807) is 12.1 Å². The summed E-state index contributed by atoms with van der Waals surface area (Å²) in [4.78, 5) is 27.8. The number of halogens is 1. The molecule has 144 valence electrons. The van der Waals surface area contributed by atoms with Crippen molar-refractivity contribution in [3.05, 3.63) is 39.9 Å². The van der Waals surface area contributed by atoms with Gasteiger partial charge in [-0.25, -0.2) is 0 Å². The fourth-order valence-electron chi connectivity index (χ4n) is 4.31. The van der Waals surface area contributed by atoms with Gasteiger partial charge in [-0.15, -0.1) is 24.0 Å². The number of hydrogen-bond acceptors (Lipinski definition) is 4. The molecule has 1 aliphatic carbocycles. The zero-order valence-electron chi connectivity index (χ0n) is 15.3. The van der Waals surface area contributed by atoms with Gasteiger partial charge >= 0.3 is 0 Å². The van der Waals surface area contributed by atoms with E-state index < -0.39 is 4.92 Å². The van der Waals surface area contributed by atoms with E-state index in [4.69, 9.17) is 0 Å². The second kappa shape index (κ2) is 9.64. The first-order valence-corrected chi connectivity index (χ1v) is 9.29. The van der Waals surface area contributed by atoms with E-state index in [1.165, 1.54) is 44.2 Å². The molecule has 0 radical (unpaired) electrons. The Bertz CT molecular complexity index is 634. The van der Waals surface area contributed by atoms with Gasteiger partial charge in [0.1, 0.15) is 0 Å². The number of benzene rings is 1. The van der Waals surface area contributed by atoms with Gasteiger partial charge in [0, 0.05) is 31.3 Å². The number of likely N-dealkylation sites (tertiary alicyclic amines) is 1. The Labute approximate surface area is 172 Å². The summed E-state index contributed by atoms with van der Waals surface area (Å²) in [5, 5.41) is 10.9. The highest BCUT2D eigenvalue weighted by Gasteiger charge is 2.35. The highest BCUT2D eigenvalue weighted by Crippen LogP contribution is 2.29. The first-order chi connectivity index (χ1) is 12.1. The minimum Gasteiger partial charge on any atom is -0.341 e. The van der Waals surface area contributed by atoms with Gasteiger partial charge in [0.2, 0.25) is 5.91 Å². The Kier molecular flexibility index (Phi) is 7.82. The summed E-state index contributed by atoms with van der Waals surface area (Å²) in [6.07, 6.45) is 7.37. The summed E-state index contributed by atoms with van der Waals surface area (Å²) < 4.78 is 0. The van der Waals surface area contributed by atoms with E-state index in [2.05, 4.69) is 4.90 Å². The van der Waals surface area contributed by atoms with Crippen LogP contribution in [-0.4, -0.2) is 52.9 Å². The number of non-ortho nitro benzene ring substituents is 1. The minimum atomic E-state index is -0.414. The molecular formula is C19H28IN3O3. The Morgan fingerprint density at radius 1 is 1.23 bits per heavy atom. The molecule has 0 aromatic heterocycles. The van der Waals surface area contributed by atoms with Crippen molar-refractivity contribution in [2.75, 3.05) is 20.1 Å². The van der Waals surface area contributed by atoms with Crippen LogP contribution in [0.5, 0.6) is 0 Å². The van der Waals surface area contributed by atoms with E-state index in [9.17, 15) is 14.9 Å². The molecule has 1 amide bonds. The SMILES string of the molecule is CN(C(=O)Cc1cccc([N+](=O)[O-])c1)[C@H]1CCCC[C@@H]1N1CCCC1.I. The predicted octanol–water partition coefficient (Wildman–Crippen LogP) is 3.62. The first-order valence-electron chi connectivity index (χ1n) is 9.29. The van der Waals surface area contributed by atoms with Crippen molar-refractivity contribution in [2.24, 2.45) is 0 Å². The zero-order valence-corrected chi connectivity index (χ0v) is 17.6. The fourth-order valence-corrected chi connectivity index (χ4v) is 4.31. The van der Waals surface area contributed by atoms with E-state index in [0.717, 1.165) is 19.5 Å². The lowest BCUT2D eigenvalue weighted by molar-refractivity contribution is -0.384. The second-order valence-electron chi connectivity index (χ2n) is 7.27. The lowest BCUT2D eigenvalue weighted by atomic mass is 9.88. The number of likely N-dealkylation sites (N-methyl/N-ethyl adjacent to an activating group) is 1. The Balaban J connectivity index is 0.00000243. The summed E-state index contributed by atoms with van der Waals surface area (Å²) in [7, 11) is 1.90. The third-order valence-electron chi connectivity index (χ3n) is 5.67. The van der Waals surface area contributed by atoms with Gasteiger partial charge in [0.05, 0.1) is 11.3 Å². The van der Waals surface area contributed by atoms with Crippen LogP contribution in [0.2, 0.25) is 0 Å². The molecule has 26 heavy (non-hydrogen) atoms. The van der Waals surface area contributed by atoms with Crippen LogP contribution >= 0.6 is 24.0 Å². The van der Waals surface area contributed by atoms with Crippen LogP contribution in [0.3, 0.4) is 0 Å². The lowest BCUT2D eigenvalue weighted by Gasteiger charge is -2.42. The van der Waals surface area contributed by atoms with Crippen LogP contribution in [0.15, 0.2) is 24.3 Å². The van der Waals surface area contributed by atoms with Gasteiger partial charge in [0.25, 0.3) is 5.69 Å². The summed E-state index contributed by atoms with van der Waals surface area (Å²) in [5.41, 5.74) is 0.750. The lowest BCUT2D eigenvalue weighted by Crippen LogP contribution is -2.53. The van der Waals surface area contributed by atoms with Crippen LogP contribution < -0.4 is 0 Å². The smallest absolute Gasteiger partial charge is 0.269 e. The van der Waals surface area contributed by atoms with Crippen molar-refractivity contribution in [3.63, 3.8) is 0 Å². The van der Waals surface area contributed by atoms with Crippen molar-refractivity contribution in [1.29, 1.82) is 0 Å². The molecule has 1 aromatic carbocycles. The molecule has 1 saturated heterocycles. The molecule has 0 bridgehead atoms. The monoisotopic (exact) mass is 473 g/mol. The molecule has 1 heterocycles. The maximum absolute atomic E-state index is 12.8. The predicted molar refractivity (Wildman–Crippen MR) is 112 cm³/mol. The molecule has 7 heteroatoms. The van der Waals surface area contributed by atoms with E-state index >= 15 is 0 Å². The molecule has 2 aliphatic rings. The normalized spacial score (nSPS) is 23.3. The van der Waals surface area contributed by atoms with Crippen molar-refractivity contribution in [2.45, 2.75) is 57.0 Å². The first kappa shape index (κ1) is 21.1. The number of amides is 1. The minimum absolute atomic E-state index is 0. The van der Waals surface area contributed by atoms with Crippen molar-refractivity contribution < 1.29 is 9.72 Å². The molecule has 2 atom stereocenters. The fraction of sp³-hybridized carbons (Fsp3) is 0.632.